The van der Waals surface area contributed by atoms with E-state index in [-0.39, 0.29) is 0 Å². The summed E-state index contributed by atoms with van der Waals surface area (Å²) in [5.74, 6) is 0.637. The number of anilines is 2. The van der Waals surface area contributed by atoms with Gasteiger partial charge in [-0.1, -0.05) is 6.08 Å². The molecule has 4 aliphatic heterocycles. The summed E-state index contributed by atoms with van der Waals surface area (Å²) < 4.78 is 40.8. The van der Waals surface area contributed by atoms with Gasteiger partial charge in [-0.05, 0) is 67.1 Å². The van der Waals surface area contributed by atoms with Crippen LogP contribution in [0.2, 0.25) is 0 Å². The molecule has 0 bridgehead atoms. The number of epoxide rings is 4. The van der Waals surface area contributed by atoms with E-state index in [4.69, 9.17) is 33.2 Å². The minimum Gasteiger partial charge on any atom is -0.421 e. The van der Waals surface area contributed by atoms with Crippen LogP contribution in [0.15, 0.2) is 72.5 Å². The summed E-state index contributed by atoms with van der Waals surface area (Å²) in [6.07, 6.45) is 8.02. The van der Waals surface area contributed by atoms with Gasteiger partial charge >= 0.3 is 5.97 Å². The van der Waals surface area contributed by atoms with Gasteiger partial charge in [0.15, 0.2) is 0 Å². The molecule has 0 radical (unpaired) electrons. The topological polar surface area (TPSA) is 84.3 Å². The molecular weight excluding hydrogens is 512 g/mol. The molecule has 4 saturated heterocycles. The van der Waals surface area contributed by atoms with Crippen molar-refractivity contribution < 1.29 is 33.2 Å². The first-order chi connectivity index (χ1) is 19.6. The molecule has 0 amide bonds. The molecule has 4 heterocycles. The van der Waals surface area contributed by atoms with Crippen LogP contribution in [0.25, 0.3) is 0 Å². The Kier molecular flexibility index (Phi) is 7.05. The van der Waals surface area contributed by atoms with Crippen LogP contribution in [0.3, 0.4) is 0 Å². The first-order valence-corrected chi connectivity index (χ1v) is 14.2. The summed E-state index contributed by atoms with van der Waals surface area (Å²) in [5.41, 5.74) is 2.22. The van der Waals surface area contributed by atoms with Crippen molar-refractivity contribution in [3.8, 4) is 11.5 Å². The van der Waals surface area contributed by atoms with Gasteiger partial charge in [0.2, 0.25) is 0 Å². The van der Waals surface area contributed by atoms with Crippen LogP contribution in [0.1, 0.15) is 13.3 Å². The molecule has 0 N–H and O–H groups in total. The minimum absolute atomic E-state index is 0.301. The number of nitrogens with zero attached hydrogens (tertiary/aromatic N) is 2. The number of hydrogen-bond acceptors (Lipinski definition) is 9. The lowest BCUT2D eigenvalue weighted by Gasteiger charge is -2.31. The number of rotatable bonds is 16. The van der Waals surface area contributed by atoms with Crippen LogP contribution in [-0.2, 0) is 23.7 Å². The van der Waals surface area contributed by atoms with Crippen molar-refractivity contribution in [1.82, 2.24) is 0 Å². The maximum absolute atomic E-state index is 6.36. The van der Waals surface area contributed by atoms with Crippen LogP contribution >= 0.6 is 0 Å². The highest BCUT2D eigenvalue weighted by Crippen LogP contribution is 2.32. The number of ether oxygens (including phenoxy) is 7. The molecule has 212 valence electrons. The molecule has 9 heteroatoms. The second-order valence-electron chi connectivity index (χ2n) is 11.0. The molecule has 4 fully saturated rings. The Labute approximate surface area is 234 Å². The molecule has 9 nitrogen and oxygen atoms in total. The van der Waals surface area contributed by atoms with Crippen LogP contribution in [0, 0.1) is 0 Å². The number of allylic oxidation sites excluding steroid dienone is 3. The molecule has 2 aromatic carbocycles. The van der Waals surface area contributed by atoms with Crippen LogP contribution in [0.4, 0.5) is 11.4 Å². The lowest BCUT2D eigenvalue weighted by atomic mass is 10.2. The summed E-state index contributed by atoms with van der Waals surface area (Å²) >= 11 is 0. The van der Waals surface area contributed by atoms with Gasteiger partial charge in [0.25, 0.3) is 0 Å². The maximum Gasteiger partial charge on any atom is 0.414 e. The molecular formula is C31H36N2O7. The third-order valence-electron chi connectivity index (χ3n) is 7.36. The Hall–Kier alpha value is -3.24. The summed E-state index contributed by atoms with van der Waals surface area (Å²) in [6, 6.07) is 16.1. The maximum atomic E-state index is 6.36. The van der Waals surface area contributed by atoms with Gasteiger partial charge in [-0.2, -0.15) is 0 Å². The molecule has 4 atom stereocenters. The van der Waals surface area contributed by atoms with Crippen LogP contribution in [0.5, 0.6) is 11.5 Å². The zero-order chi connectivity index (χ0) is 26.9. The number of benzene rings is 2. The van der Waals surface area contributed by atoms with Gasteiger partial charge < -0.3 is 43.0 Å². The average molecular weight is 549 g/mol. The predicted octanol–water partition coefficient (Wildman–Crippen LogP) is 3.89. The molecule has 1 aliphatic carbocycles. The van der Waals surface area contributed by atoms with Gasteiger partial charge in [-0.3, -0.25) is 0 Å². The quantitative estimate of drug-likeness (QED) is 0.229. The first-order valence-electron chi connectivity index (χ1n) is 14.2. The zero-order valence-electron chi connectivity index (χ0n) is 22.8. The van der Waals surface area contributed by atoms with Crippen molar-refractivity contribution in [2.75, 3.05) is 62.4 Å². The largest absolute Gasteiger partial charge is 0.421 e. The Bertz CT molecular complexity index is 1110. The molecule has 40 heavy (non-hydrogen) atoms. The van der Waals surface area contributed by atoms with E-state index in [1.807, 2.05) is 42.5 Å². The van der Waals surface area contributed by atoms with Crippen LogP contribution < -0.4 is 19.3 Å². The third kappa shape index (κ3) is 7.09. The molecule has 0 spiro atoms. The van der Waals surface area contributed by atoms with Crippen LogP contribution in [-0.4, -0.2) is 83.0 Å². The molecule has 7 rings (SSSR count). The normalized spacial score (nSPS) is 26.9. The van der Waals surface area contributed by atoms with E-state index >= 15 is 0 Å². The SMILES string of the molecule is CC(OC1=CCC=C1)(Oc1ccc(N(CC2CO2)CC2CO2)cc1)Oc1ccc(N(CC2CO2)CC2CO2)cc1. The standard InChI is InChI=1S/C31H36N2O7/c1-31(38-24-4-2-3-5-24,39-25-10-6-22(7-11-25)32(14-27-18-34-27)15-28-19-35-28)40-26-12-8-23(9-13-26)33(16-29-20-36-29)17-30-21-37-30/h2,4-13,27-30H,3,14-21H2,1H3. The summed E-state index contributed by atoms with van der Waals surface area (Å²) in [7, 11) is 0. The monoisotopic (exact) mass is 548 g/mol. The second-order valence-corrected chi connectivity index (χ2v) is 11.0. The Balaban J connectivity index is 1.05. The third-order valence-corrected chi connectivity index (χ3v) is 7.36. The zero-order valence-corrected chi connectivity index (χ0v) is 22.8. The van der Waals surface area contributed by atoms with E-state index in [1.54, 1.807) is 6.92 Å². The average Bonchev–Trinajstić information content (AvgIpc) is 3.74. The fourth-order valence-corrected chi connectivity index (χ4v) is 4.91. The van der Waals surface area contributed by atoms with E-state index in [2.05, 4.69) is 34.1 Å². The highest BCUT2D eigenvalue weighted by atomic mass is 16.9. The van der Waals surface area contributed by atoms with Crippen molar-refractivity contribution in [3.05, 3.63) is 72.5 Å². The van der Waals surface area contributed by atoms with Gasteiger partial charge in [-0.25, -0.2) is 0 Å². The minimum atomic E-state index is -1.38. The van der Waals surface area contributed by atoms with E-state index in [9.17, 15) is 0 Å². The number of hydrogen-bond donors (Lipinski definition) is 0. The second kappa shape index (κ2) is 11.0. The lowest BCUT2D eigenvalue weighted by molar-refractivity contribution is -0.267. The van der Waals surface area contributed by atoms with Crippen molar-refractivity contribution in [1.29, 1.82) is 0 Å². The smallest absolute Gasteiger partial charge is 0.414 e. The lowest BCUT2D eigenvalue weighted by Crippen LogP contribution is -2.41. The van der Waals surface area contributed by atoms with Crippen molar-refractivity contribution in [2.45, 2.75) is 43.7 Å². The summed E-state index contributed by atoms with van der Waals surface area (Å²) in [6.45, 7) is 8.53. The Morgan fingerprint density at radius 3 is 1.38 bits per heavy atom. The van der Waals surface area contributed by atoms with E-state index < -0.39 is 5.97 Å². The van der Waals surface area contributed by atoms with Crippen molar-refractivity contribution in [2.24, 2.45) is 0 Å². The first kappa shape index (κ1) is 25.7. The Morgan fingerprint density at radius 2 is 1.05 bits per heavy atom. The molecule has 0 aromatic heterocycles. The summed E-state index contributed by atoms with van der Waals surface area (Å²) in [5, 5.41) is 0. The van der Waals surface area contributed by atoms with Gasteiger partial charge in [0.1, 0.15) is 17.3 Å². The van der Waals surface area contributed by atoms with Crippen molar-refractivity contribution in [3.63, 3.8) is 0 Å². The van der Waals surface area contributed by atoms with Gasteiger partial charge in [0.05, 0.1) is 57.8 Å². The molecule has 2 aromatic rings. The van der Waals surface area contributed by atoms with E-state index in [0.717, 1.165) is 76.2 Å². The fraction of sp³-hybridized carbons (Fsp3) is 0.484. The summed E-state index contributed by atoms with van der Waals surface area (Å²) in [4.78, 5) is 4.63. The van der Waals surface area contributed by atoms with E-state index in [0.29, 0.717) is 35.9 Å². The molecule has 5 aliphatic rings. The molecule has 4 unspecified atom stereocenters. The Morgan fingerprint density at radius 1 is 0.650 bits per heavy atom. The highest BCUT2D eigenvalue weighted by molar-refractivity contribution is 5.51. The van der Waals surface area contributed by atoms with E-state index in [1.165, 1.54) is 0 Å². The van der Waals surface area contributed by atoms with Gasteiger partial charge in [0, 0.05) is 37.6 Å². The van der Waals surface area contributed by atoms with Crippen molar-refractivity contribution >= 4 is 11.4 Å². The van der Waals surface area contributed by atoms with Gasteiger partial charge in [-0.15, -0.1) is 0 Å². The molecule has 0 saturated carbocycles. The predicted molar refractivity (Wildman–Crippen MR) is 149 cm³/mol. The highest BCUT2D eigenvalue weighted by Gasteiger charge is 2.35. The fourth-order valence-electron chi connectivity index (χ4n) is 4.91.